The number of piperidine rings is 1. The number of aromatic amines is 1. The van der Waals surface area contributed by atoms with Crippen molar-refractivity contribution in [3.8, 4) is 0 Å². The molecule has 0 bridgehead atoms. The summed E-state index contributed by atoms with van der Waals surface area (Å²) in [6, 6.07) is 16.2. The van der Waals surface area contributed by atoms with Crippen LogP contribution in [0.3, 0.4) is 0 Å². The number of carbonyl (C=O) groups is 1. The van der Waals surface area contributed by atoms with Crippen LogP contribution in [0.2, 0.25) is 0 Å². The fourth-order valence-corrected chi connectivity index (χ4v) is 4.50. The van der Waals surface area contributed by atoms with Crippen LogP contribution in [0, 0.1) is 5.82 Å². The second-order valence-corrected chi connectivity index (χ2v) is 7.92. The molecule has 0 unspecified atom stereocenters. The molecule has 1 fully saturated rings. The number of rotatable bonds is 3. The number of pyridine rings is 2. The molecule has 4 aromatic rings. The Hall–Kier alpha value is -3.74. The molecule has 0 aliphatic carbocycles. The lowest BCUT2D eigenvalue weighted by Gasteiger charge is -2.41. The van der Waals surface area contributed by atoms with E-state index in [9.17, 15) is 14.0 Å². The van der Waals surface area contributed by atoms with Gasteiger partial charge in [0.1, 0.15) is 11.5 Å². The number of amides is 1. The number of hydrogen-bond acceptors (Lipinski definition) is 3. The summed E-state index contributed by atoms with van der Waals surface area (Å²) in [6.45, 7) is 1.06. The van der Waals surface area contributed by atoms with Crippen molar-refractivity contribution in [3.63, 3.8) is 0 Å². The third kappa shape index (κ3) is 3.42. The van der Waals surface area contributed by atoms with Crippen LogP contribution >= 0.6 is 0 Å². The van der Waals surface area contributed by atoms with Gasteiger partial charge >= 0.3 is 0 Å². The highest BCUT2D eigenvalue weighted by Gasteiger charge is 2.41. The molecular weight excluding hydrogens is 395 g/mol. The van der Waals surface area contributed by atoms with E-state index in [1.54, 1.807) is 21.4 Å². The summed E-state index contributed by atoms with van der Waals surface area (Å²) in [5, 5.41) is 0. The molecule has 1 amide bonds. The summed E-state index contributed by atoms with van der Waals surface area (Å²) in [6.07, 6.45) is 6.16. The molecule has 3 aromatic heterocycles. The number of nitrogens with one attached hydrogen (secondary N) is 1. The molecule has 0 saturated carbocycles. The highest BCUT2D eigenvalue weighted by atomic mass is 19.1. The number of H-pyrrole nitrogens is 1. The number of carbonyl (C=O) groups excluding carboxylic acids is 1. The minimum Gasteiger partial charge on any atom is -0.339 e. The van der Waals surface area contributed by atoms with Crippen LogP contribution in [0.15, 0.2) is 78.0 Å². The number of likely N-dealkylation sites (tertiary alicyclic amines) is 1. The zero-order valence-electron chi connectivity index (χ0n) is 16.8. The van der Waals surface area contributed by atoms with E-state index in [-0.39, 0.29) is 22.7 Å². The lowest BCUT2D eigenvalue weighted by molar-refractivity contribution is 0.0684. The van der Waals surface area contributed by atoms with E-state index < -0.39 is 0 Å². The van der Waals surface area contributed by atoms with Crippen molar-refractivity contribution in [1.82, 2.24) is 19.3 Å². The third-order valence-corrected chi connectivity index (χ3v) is 6.16. The predicted molar refractivity (Wildman–Crippen MR) is 115 cm³/mol. The van der Waals surface area contributed by atoms with Gasteiger partial charge in [0.05, 0.1) is 5.69 Å². The molecule has 7 heteroatoms. The van der Waals surface area contributed by atoms with Crippen LogP contribution in [0.5, 0.6) is 0 Å². The van der Waals surface area contributed by atoms with Gasteiger partial charge in [0.25, 0.3) is 5.91 Å². The summed E-state index contributed by atoms with van der Waals surface area (Å²) >= 11 is 0. The summed E-state index contributed by atoms with van der Waals surface area (Å²) < 4.78 is 15.4. The standard InChI is InChI=1S/C24H21FN4O2/c25-19-6-7-21-27-20(16-29(21)15-19)24(18-4-2-1-3-5-18)9-12-28(13-10-24)23(31)17-8-11-26-22(30)14-17/h1-8,11,14-16H,9-10,12-13H2,(H,26,30). The molecule has 1 saturated heterocycles. The van der Waals surface area contributed by atoms with Gasteiger partial charge in [0, 0.05) is 48.7 Å². The van der Waals surface area contributed by atoms with Gasteiger partial charge < -0.3 is 14.3 Å². The van der Waals surface area contributed by atoms with Crippen molar-refractivity contribution in [1.29, 1.82) is 0 Å². The molecule has 31 heavy (non-hydrogen) atoms. The van der Waals surface area contributed by atoms with Crippen molar-refractivity contribution >= 4 is 11.6 Å². The average molecular weight is 416 g/mol. The lowest BCUT2D eigenvalue weighted by atomic mass is 9.70. The maximum absolute atomic E-state index is 13.7. The Kier molecular flexibility index (Phi) is 4.66. The Morgan fingerprint density at radius 2 is 1.81 bits per heavy atom. The van der Waals surface area contributed by atoms with Gasteiger partial charge in [-0.1, -0.05) is 30.3 Å². The Morgan fingerprint density at radius 3 is 2.55 bits per heavy atom. The number of benzene rings is 1. The minimum absolute atomic E-state index is 0.148. The molecule has 0 atom stereocenters. The Balaban J connectivity index is 1.50. The first-order chi connectivity index (χ1) is 15.0. The fourth-order valence-electron chi connectivity index (χ4n) is 4.50. The monoisotopic (exact) mass is 416 g/mol. The Morgan fingerprint density at radius 1 is 1.03 bits per heavy atom. The van der Waals surface area contributed by atoms with Crippen LogP contribution in [0.4, 0.5) is 4.39 Å². The van der Waals surface area contributed by atoms with Crippen molar-refractivity contribution < 1.29 is 9.18 Å². The van der Waals surface area contributed by atoms with Gasteiger partial charge in [-0.2, -0.15) is 0 Å². The molecule has 1 aliphatic heterocycles. The molecule has 5 rings (SSSR count). The van der Waals surface area contributed by atoms with Crippen molar-refractivity contribution in [2.24, 2.45) is 0 Å². The number of imidazole rings is 1. The maximum Gasteiger partial charge on any atom is 0.254 e. The highest BCUT2D eigenvalue weighted by Crippen LogP contribution is 2.41. The lowest BCUT2D eigenvalue weighted by Crippen LogP contribution is -2.46. The van der Waals surface area contributed by atoms with Crippen molar-refractivity contribution in [2.75, 3.05) is 13.1 Å². The van der Waals surface area contributed by atoms with E-state index in [4.69, 9.17) is 4.98 Å². The Labute approximate surface area is 178 Å². The molecule has 0 radical (unpaired) electrons. The van der Waals surface area contributed by atoms with Crippen LogP contribution in [-0.2, 0) is 5.41 Å². The fraction of sp³-hybridized carbons (Fsp3) is 0.208. The van der Waals surface area contributed by atoms with Crippen LogP contribution in [-0.4, -0.2) is 38.3 Å². The van der Waals surface area contributed by atoms with Crippen LogP contribution < -0.4 is 5.56 Å². The highest BCUT2D eigenvalue weighted by molar-refractivity contribution is 5.94. The third-order valence-electron chi connectivity index (χ3n) is 6.16. The summed E-state index contributed by atoms with van der Waals surface area (Å²) in [4.78, 5) is 33.7. The second kappa shape index (κ2) is 7.50. The molecule has 6 nitrogen and oxygen atoms in total. The average Bonchev–Trinajstić information content (AvgIpc) is 3.23. The SMILES string of the molecule is O=C(c1cc[nH]c(=O)c1)N1CCC(c2ccccc2)(c2cn3cc(F)ccc3n2)CC1. The Bertz CT molecular complexity index is 1300. The van der Waals surface area contributed by atoms with Gasteiger partial charge in [0.2, 0.25) is 5.56 Å². The number of hydrogen-bond donors (Lipinski definition) is 1. The first kappa shape index (κ1) is 19.2. The van der Waals surface area contributed by atoms with E-state index in [0.717, 1.165) is 11.3 Å². The molecule has 1 aliphatic rings. The van der Waals surface area contributed by atoms with E-state index >= 15 is 0 Å². The molecule has 156 valence electrons. The molecular formula is C24H21FN4O2. The van der Waals surface area contributed by atoms with Crippen LogP contribution in [0.25, 0.3) is 5.65 Å². The quantitative estimate of drug-likeness (QED) is 0.557. The van der Waals surface area contributed by atoms with Gasteiger partial charge in [-0.25, -0.2) is 9.37 Å². The van der Waals surface area contributed by atoms with Gasteiger partial charge in [-0.15, -0.1) is 0 Å². The number of halogens is 1. The first-order valence-corrected chi connectivity index (χ1v) is 10.2. The maximum atomic E-state index is 13.7. The minimum atomic E-state index is -0.380. The van der Waals surface area contributed by atoms with Crippen molar-refractivity contribution in [2.45, 2.75) is 18.3 Å². The van der Waals surface area contributed by atoms with Gasteiger partial charge in [-0.05, 0) is 36.6 Å². The normalized spacial score (nSPS) is 15.8. The zero-order valence-corrected chi connectivity index (χ0v) is 16.8. The topological polar surface area (TPSA) is 70.5 Å². The number of aromatic nitrogens is 3. The van der Waals surface area contributed by atoms with E-state index in [2.05, 4.69) is 17.1 Å². The summed E-state index contributed by atoms with van der Waals surface area (Å²) in [5.41, 5.74) is 2.40. The van der Waals surface area contributed by atoms with E-state index in [1.165, 1.54) is 24.5 Å². The summed E-state index contributed by atoms with van der Waals surface area (Å²) in [5.74, 6) is -0.465. The second-order valence-electron chi connectivity index (χ2n) is 7.92. The van der Waals surface area contributed by atoms with Gasteiger partial charge in [0.15, 0.2) is 0 Å². The number of nitrogens with zero attached hydrogens (tertiary/aromatic N) is 3. The molecule has 0 spiro atoms. The van der Waals surface area contributed by atoms with E-state index in [1.807, 2.05) is 24.4 Å². The zero-order chi connectivity index (χ0) is 21.4. The first-order valence-electron chi connectivity index (χ1n) is 10.2. The molecule has 1 N–H and O–H groups in total. The van der Waals surface area contributed by atoms with E-state index in [0.29, 0.717) is 37.1 Å². The van der Waals surface area contributed by atoms with Crippen LogP contribution in [0.1, 0.15) is 34.5 Å². The van der Waals surface area contributed by atoms with Gasteiger partial charge in [-0.3, -0.25) is 9.59 Å². The van der Waals surface area contributed by atoms with Crippen molar-refractivity contribution in [3.05, 3.63) is 106 Å². The number of fused-ring (bicyclic) bond motifs is 1. The molecule has 1 aromatic carbocycles. The largest absolute Gasteiger partial charge is 0.339 e. The summed E-state index contributed by atoms with van der Waals surface area (Å²) in [7, 11) is 0. The molecule has 4 heterocycles. The predicted octanol–water partition coefficient (Wildman–Crippen LogP) is 3.38. The smallest absolute Gasteiger partial charge is 0.254 e.